The summed E-state index contributed by atoms with van der Waals surface area (Å²) in [5.41, 5.74) is 1.82. The van der Waals surface area contributed by atoms with Gasteiger partial charge in [0.15, 0.2) is 5.65 Å². The molecule has 1 aromatic carbocycles. The summed E-state index contributed by atoms with van der Waals surface area (Å²) >= 11 is 7.12. The quantitative estimate of drug-likeness (QED) is 0.148. The van der Waals surface area contributed by atoms with E-state index in [1.807, 2.05) is 49.9 Å². The zero-order chi connectivity index (χ0) is 37.0. The largest absolute Gasteiger partial charge is 0.444 e. The predicted octanol–water partition coefficient (Wildman–Crippen LogP) is 5.78. The molecule has 15 heteroatoms. The Morgan fingerprint density at radius 2 is 1.75 bits per heavy atom. The molecule has 0 saturated carbocycles. The van der Waals surface area contributed by atoms with E-state index in [0.717, 1.165) is 24.3 Å². The van der Waals surface area contributed by atoms with E-state index in [2.05, 4.69) is 29.6 Å². The molecule has 0 aliphatic carbocycles. The van der Waals surface area contributed by atoms with Crippen LogP contribution in [0.1, 0.15) is 40.0 Å². The zero-order valence-corrected chi connectivity index (χ0v) is 33.1. The van der Waals surface area contributed by atoms with Crippen LogP contribution in [0.25, 0.3) is 33.1 Å². The Morgan fingerprint density at radius 3 is 2.37 bits per heavy atom. The van der Waals surface area contributed by atoms with Gasteiger partial charge in [0.25, 0.3) is 5.56 Å². The monoisotopic (exact) mass is 738 g/mol. The average Bonchev–Trinajstić information content (AvgIpc) is 3.70. The Kier molecular flexibility index (Phi) is 10.1. The van der Waals surface area contributed by atoms with Crippen LogP contribution in [0.2, 0.25) is 30.7 Å². The summed E-state index contributed by atoms with van der Waals surface area (Å²) in [7, 11) is 3.91. The molecular weight excluding hydrogens is 688 g/mol. The van der Waals surface area contributed by atoms with Crippen molar-refractivity contribution in [2.45, 2.75) is 96.7 Å². The maximum atomic E-state index is 14.5. The van der Waals surface area contributed by atoms with E-state index in [1.54, 1.807) is 40.2 Å². The summed E-state index contributed by atoms with van der Waals surface area (Å²) < 4.78 is 17.2. The molecule has 2 aliphatic rings. The highest BCUT2D eigenvalue weighted by molar-refractivity contribution is 6.76. The number of aromatic nitrogens is 5. The Bertz CT molecular complexity index is 2010. The number of hydrogen-bond donors (Lipinski definition) is 0. The number of nitrogens with zero attached hydrogens (tertiary/aromatic N) is 8. The van der Waals surface area contributed by atoms with Crippen LogP contribution in [0.15, 0.2) is 29.3 Å². The lowest BCUT2D eigenvalue weighted by atomic mass is 10.0. The Balaban J connectivity index is 1.39. The summed E-state index contributed by atoms with van der Waals surface area (Å²) in [5.74, 6) is 0.591. The lowest BCUT2D eigenvalue weighted by Gasteiger charge is -2.42. The molecular formula is C36H51ClN8O5Si. The molecule has 2 saturated heterocycles. The molecule has 2 atom stereocenters. The van der Waals surface area contributed by atoms with Crippen molar-refractivity contribution in [2.75, 3.05) is 38.7 Å². The summed E-state index contributed by atoms with van der Waals surface area (Å²) in [5, 5.41) is 6.31. The molecule has 4 aromatic rings. The number of halogens is 1. The highest BCUT2D eigenvalue weighted by atomic mass is 35.5. The van der Waals surface area contributed by atoms with E-state index in [-0.39, 0.29) is 36.4 Å². The number of benzene rings is 1. The first-order valence-corrected chi connectivity index (χ1v) is 21.8. The number of anilines is 1. The molecule has 2 unspecified atom stereocenters. The second-order valence-electron chi connectivity index (χ2n) is 16.3. The van der Waals surface area contributed by atoms with E-state index in [1.165, 1.54) is 0 Å². The molecule has 6 rings (SSSR count). The number of carbonyl (C=O) groups excluding carboxylic acids is 2. The first kappa shape index (κ1) is 36.9. The van der Waals surface area contributed by atoms with Crippen molar-refractivity contribution >= 4 is 59.6 Å². The number of amides is 2. The third-order valence-electron chi connectivity index (χ3n) is 9.68. The second-order valence-corrected chi connectivity index (χ2v) is 22.3. The first-order chi connectivity index (χ1) is 23.9. The van der Waals surface area contributed by atoms with Crippen LogP contribution in [-0.4, -0.2) is 105 Å². The molecule has 5 heterocycles. The van der Waals surface area contributed by atoms with Crippen molar-refractivity contribution in [2.24, 2.45) is 7.05 Å². The Labute approximate surface area is 305 Å². The number of rotatable bonds is 10. The molecule has 0 spiro atoms. The minimum Gasteiger partial charge on any atom is -0.444 e. The number of fused-ring (bicyclic) bond motifs is 4. The number of likely N-dealkylation sites (tertiary alicyclic amines) is 1. The molecule has 0 N–H and O–H groups in total. The van der Waals surface area contributed by atoms with Gasteiger partial charge in [-0.1, -0.05) is 37.3 Å². The maximum Gasteiger partial charge on any atom is 0.410 e. The van der Waals surface area contributed by atoms with Crippen molar-refractivity contribution in [3.63, 3.8) is 0 Å². The molecule has 2 aliphatic heterocycles. The molecule has 13 nitrogen and oxygen atoms in total. The van der Waals surface area contributed by atoms with Gasteiger partial charge in [-0.25, -0.2) is 4.79 Å². The lowest BCUT2D eigenvalue weighted by molar-refractivity contribution is -0.128. The van der Waals surface area contributed by atoms with Crippen LogP contribution >= 0.6 is 11.6 Å². The van der Waals surface area contributed by atoms with Crippen LogP contribution in [0.3, 0.4) is 0 Å². The van der Waals surface area contributed by atoms with Crippen molar-refractivity contribution in [3.05, 3.63) is 39.9 Å². The molecule has 2 amide bonds. The molecule has 3 aromatic heterocycles. The van der Waals surface area contributed by atoms with Gasteiger partial charge in [0.2, 0.25) is 11.9 Å². The van der Waals surface area contributed by atoms with Gasteiger partial charge in [-0.2, -0.15) is 10.1 Å². The minimum atomic E-state index is -1.32. The maximum absolute atomic E-state index is 14.5. The molecule has 276 valence electrons. The molecule has 0 radical (unpaired) electrons. The van der Waals surface area contributed by atoms with E-state index >= 15 is 0 Å². The van der Waals surface area contributed by atoms with Gasteiger partial charge in [0.1, 0.15) is 12.3 Å². The summed E-state index contributed by atoms with van der Waals surface area (Å²) in [6.45, 7) is 14.8. The average molecular weight is 739 g/mol. The Morgan fingerprint density at radius 1 is 1.06 bits per heavy atom. The van der Waals surface area contributed by atoms with Crippen molar-refractivity contribution in [1.82, 2.24) is 33.7 Å². The second kappa shape index (κ2) is 13.9. The van der Waals surface area contributed by atoms with Gasteiger partial charge in [-0.15, -0.1) is 0 Å². The van der Waals surface area contributed by atoms with Crippen molar-refractivity contribution < 1.29 is 19.1 Å². The molecule has 51 heavy (non-hydrogen) atoms. The van der Waals surface area contributed by atoms with Gasteiger partial charge in [-0.05, 0) is 45.7 Å². The van der Waals surface area contributed by atoms with Crippen LogP contribution in [0.5, 0.6) is 0 Å². The highest BCUT2D eigenvalue weighted by Crippen LogP contribution is 2.39. The van der Waals surface area contributed by atoms with Gasteiger partial charge >= 0.3 is 6.09 Å². The lowest BCUT2D eigenvalue weighted by Crippen LogP contribution is -2.57. The van der Waals surface area contributed by atoms with Crippen molar-refractivity contribution in [1.29, 1.82) is 0 Å². The fourth-order valence-electron chi connectivity index (χ4n) is 6.95. The third kappa shape index (κ3) is 7.68. The normalized spacial score (nSPS) is 17.9. The van der Waals surface area contributed by atoms with E-state index in [0.29, 0.717) is 71.3 Å². The molecule has 2 fully saturated rings. The van der Waals surface area contributed by atoms with E-state index < -0.39 is 13.7 Å². The summed E-state index contributed by atoms with van der Waals surface area (Å²) in [6.07, 6.45) is 5.54. The SMILES string of the molecule is CN(C)C(=O)CCn1cc2c(Cl)c(-c3cn(COCC[Si](C)(C)C)c4nc(N5C6CCC5CN(C(=O)OC(C)(C)C)C6)n(C)c(=O)c34)ccc2n1. The highest BCUT2D eigenvalue weighted by Gasteiger charge is 2.44. The van der Waals surface area contributed by atoms with Crippen LogP contribution in [-0.2, 0) is 34.6 Å². The number of piperazine rings is 1. The number of carbonyl (C=O) groups is 2. The van der Waals surface area contributed by atoms with Gasteiger partial charge in [0.05, 0.1) is 28.0 Å². The third-order valence-corrected chi connectivity index (χ3v) is 11.8. The minimum absolute atomic E-state index is 0.00380. The smallest absolute Gasteiger partial charge is 0.410 e. The standard InChI is InChI=1S/C36H51ClN8O5Si/c1-36(2,3)50-35(48)42-18-23-10-11-24(19-42)45(23)34-38-32-30(33(47)41(34)6)26(20-43(32)22-49-16-17-51(7,8)9)25-12-13-28-27(31(25)37)21-44(39-28)15-14-29(46)40(4)5/h12-13,20-21,23-24H,10-11,14-19,22H2,1-9H3. The number of aryl methyl sites for hydroxylation is 1. The van der Waals surface area contributed by atoms with Crippen LogP contribution in [0, 0.1) is 0 Å². The predicted molar refractivity (Wildman–Crippen MR) is 203 cm³/mol. The molecule has 2 bridgehead atoms. The Hall–Kier alpha value is -3.88. The fraction of sp³-hybridized carbons (Fsp3) is 0.583. The van der Waals surface area contributed by atoms with Crippen molar-refractivity contribution in [3.8, 4) is 11.1 Å². The van der Waals surface area contributed by atoms with E-state index in [4.69, 9.17) is 26.1 Å². The summed E-state index contributed by atoms with van der Waals surface area (Å²) in [6, 6.07) is 4.80. The van der Waals surface area contributed by atoms with Crippen LogP contribution in [0.4, 0.5) is 10.7 Å². The first-order valence-electron chi connectivity index (χ1n) is 17.7. The van der Waals surface area contributed by atoms with Gasteiger partial charge < -0.3 is 28.7 Å². The topological polar surface area (TPSA) is 120 Å². The zero-order valence-electron chi connectivity index (χ0n) is 31.3. The summed E-state index contributed by atoms with van der Waals surface area (Å²) in [4.78, 5) is 50.5. The van der Waals surface area contributed by atoms with E-state index in [9.17, 15) is 14.4 Å². The number of hydrogen-bond acceptors (Lipinski definition) is 8. The van der Waals surface area contributed by atoms with Gasteiger partial charge in [-0.3, -0.25) is 18.8 Å². The fourth-order valence-corrected chi connectivity index (χ4v) is 8.02. The van der Waals surface area contributed by atoms with Gasteiger partial charge in [0, 0.05) is 90.8 Å². The van der Waals surface area contributed by atoms with Crippen LogP contribution < -0.4 is 10.5 Å². The number of ether oxygens (including phenoxy) is 2.